The van der Waals surface area contributed by atoms with E-state index in [0.29, 0.717) is 39.3 Å². The minimum Gasteiger partial charge on any atom is -0.498 e. The molecule has 0 amide bonds. The maximum atomic E-state index is 11.3. The quantitative estimate of drug-likeness (QED) is 0.286. The third-order valence-electron chi connectivity index (χ3n) is 4.70. The van der Waals surface area contributed by atoms with Crippen molar-refractivity contribution in [2.24, 2.45) is 0 Å². The van der Waals surface area contributed by atoms with Crippen LogP contribution < -0.4 is 4.74 Å². The lowest BCUT2D eigenvalue weighted by Crippen LogP contribution is -2.31. The molecule has 1 aromatic rings. The molecule has 0 aliphatic heterocycles. The van der Waals surface area contributed by atoms with Crippen molar-refractivity contribution in [1.82, 2.24) is 0 Å². The summed E-state index contributed by atoms with van der Waals surface area (Å²) in [6, 6.07) is 5.62. The zero-order valence-electron chi connectivity index (χ0n) is 19.3. The Bertz CT molecular complexity index is 940. The molecule has 2 rings (SSSR count). The molecule has 6 nitrogen and oxygen atoms in total. The Kier molecular flexibility index (Phi) is 11.5. The molecule has 0 bridgehead atoms. The highest BCUT2D eigenvalue weighted by molar-refractivity contribution is 14.1. The van der Waals surface area contributed by atoms with Crippen LogP contribution in [0.25, 0.3) is 0 Å². The topological polar surface area (TPSA) is 74.2 Å². The van der Waals surface area contributed by atoms with Crippen molar-refractivity contribution >= 4 is 28.6 Å². The zero-order chi connectivity index (χ0) is 24.1. The van der Waals surface area contributed by atoms with Gasteiger partial charge in [0.15, 0.2) is 11.7 Å². The van der Waals surface area contributed by atoms with Gasteiger partial charge in [-0.2, -0.15) is 0 Å². The first-order valence-electron chi connectivity index (χ1n) is 11.0. The molecule has 0 spiro atoms. The van der Waals surface area contributed by atoms with Crippen LogP contribution in [-0.2, 0) is 25.4 Å². The molecule has 1 unspecified atom stereocenters. The first-order chi connectivity index (χ1) is 15.9. The molecule has 1 aliphatic carbocycles. The van der Waals surface area contributed by atoms with Gasteiger partial charge in [-0.05, 0) is 85.4 Å². The van der Waals surface area contributed by atoms with Crippen LogP contribution in [0.4, 0.5) is 0 Å². The van der Waals surface area contributed by atoms with E-state index >= 15 is 0 Å². The Morgan fingerprint density at radius 3 is 2.73 bits per heavy atom. The van der Waals surface area contributed by atoms with Gasteiger partial charge in [0.2, 0.25) is 0 Å². The smallest absolute Gasteiger partial charge is 0.333 e. The zero-order valence-corrected chi connectivity index (χ0v) is 21.5. The van der Waals surface area contributed by atoms with Crippen molar-refractivity contribution in [3.05, 3.63) is 63.5 Å². The van der Waals surface area contributed by atoms with Gasteiger partial charge < -0.3 is 24.1 Å². The summed E-state index contributed by atoms with van der Waals surface area (Å²) in [7, 11) is 0. The van der Waals surface area contributed by atoms with Crippen molar-refractivity contribution in [3.8, 4) is 17.6 Å². The van der Waals surface area contributed by atoms with E-state index in [-0.39, 0.29) is 0 Å². The van der Waals surface area contributed by atoms with Crippen LogP contribution in [0.3, 0.4) is 0 Å². The molecule has 0 heterocycles. The SMILES string of the molecule is CCOC1=CC=CC(C#C/C=C\COc2ccc(C[C@H](OCC)C(=O)O)cc2I)(OCC)C1. The molecular formula is C26H31IO6. The van der Waals surface area contributed by atoms with Crippen molar-refractivity contribution in [1.29, 1.82) is 0 Å². The van der Waals surface area contributed by atoms with Crippen molar-refractivity contribution in [2.75, 3.05) is 26.4 Å². The molecule has 0 radical (unpaired) electrons. The minimum atomic E-state index is -0.960. The fraction of sp³-hybridized carbons (Fsp3) is 0.423. The highest BCUT2D eigenvalue weighted by atomic mass is 127. The number of halogens is 1. The van der Waals surface area contributed by atoms with Gasteiger partial charge in [-0.25, -0.2) is 4.79 Å². The second kappa shape index (κ2) is 14.1. The first-order valence-corrected chi connectivity index (χ1v) is 12.1. The molecule has 2 atom stereocenters. The molecule has 1 aliphatic rings. The van der Waals surface area contributed by atoms with Gasteiger partial charge in [-0.15, -0.1) is 0 Å². The summed E-state index contributed by atoms with van der Waals surface area (Å²) in [5.74, 6) is 6.89. The number of ether oxygens (including phenoxy) is 4. The van der Waals surface area contributed by atoms with Gasteiger partial charge in [-0.1, -0.05) is 24.0 Å². The van der Waals surface area contributed by atoms with E-state index in [1.807, 2.05) is 56.4 Å². The molecule has 1 aromatic carbocycles. The van der Waals surface area contributed by atoms with Crippen LogP contribution in [0.5, 0.6) is 5.75 Å². The van der Waals surface area contributed by atoms with E-state index in [1.165, 1.54) is 0 Å². The molecule has 178 valence electrons. The average molecular weight is 566 g/mol. The number of carboxylic acids is 1. The molecule has 7 heteroatoms. The molecule has 0 saturated carbocycles. The van der Waals surface area contributed by atoms with Crippen molar-refractivity contribution in [3.63, 3.8) is 0 Å². The summed E-state index contributed by atoms with van der Waals surface area (Å²) in [4.78, 5) is 11.3. The number of benzene rings is 1. The maximum absolute atomic E-state index is 11.3. The van der Waals surface area contributed by atoms with Gasteiger partial charge in [0.25, 0.3) is 0 Å². The van der Waals surface area contributed by atoms with Crippen LogP contribution in [0.15, 0.2) is 54.3 Å². The third-order valence-corrected chi connectivity index (χ3v) is 5.54. The van der Waals surface area contributed by atoms with E-state index in [0.717, 1.165) is 20.6 Å². The lowest BCUT2D eigenvalue weighted by atomic mass is 9.94. The number of hydrogen-bond donors (Lipinski definition) is 1. The lowest BCUT2D eigenvalue weighted by molar-refractivity contribution is -0.149. The number of rotatable bonds is 12. The predicted octanol–water partition coefficient (Wildman–Crippen LogP) is 4.92. The number of allylic oxidation sites excluding steroid dienone is 3. The summed E-state index contributed by atoms with van der Waals surface area (Å²) < 4.78 is 23.6. The molecule has 0 saturated heterocycles. The van der Waals surface area contributed by atoms with Crippen LogP contribution in [0, 0.1) is 15.4 Å². The summed E-state index contributed by atoms with van der Waals surface area (Å²) in [6.07, 6.45) is 9.47. The molecule has 0 fully saturated rings. The van der Waals surface area contributed by atoms with Gasteiger partial charge in [-0.3, -0.25) is 0 Å². The highest BCUT2D eigenvalue weighted by Crippen LogP contribution is 2.27. The Morgan fingerprint density at radius 2 is 2.06 bits per heavy atom. The summed E-state index contributed by atoms with van der Waals surface area (Å²) >= 11 is 2.18. The summed E-state index contributed by atoms with van der Waals surface area (Å²) in [5.41, 5.74) is 0.205. The normalized spacial score (nSPS) is 18.4. The Hall–Kier alpha value is -2.28. The number of hydrogen-bond acceptors (Lipinski definition) is 5. The predicted molar refractivity (Wildman–Crippen MR) is 136 cm³/mol. The highest BCUT2D eigenvalue weighted by Gasteiger charge is 2.29. The molecular weight excluding hydrogens is 535 g/mol. The third kappa shape index (κ3) is 8.88. The molecule has 1 N–H and O–H groups in total. The van der Waals surface area contributed by atoms with Crippen LogP contribution >= 0.6 is 22.6 Å². The van der Waals surface area contributed by atoms with E-state index in [2.05, 4.69) is 34.4 Å². The van der Waals surface area contributed by atoms with E-state index in [4.69, 9.17) is 18.9 Å². The second-order valence-electron chi connectivity index (χ2n) is 7.16. The Balaban J connectivity index is 1.93. The van der Waals surface area contributed by atoms with Crippen LogP contribution in [-0.4, -0.2) is 49.2 Å². The van der Waals surface area contributed by atoms with Gasteiger partial charge in [0.05, 0.1) is 10.2 Å². The fourth-order valence-electron chi connectivity index (χ4n) is 3.28. The van der Waals surface area contributed by atoms with E-state index in [9.17, 15) is 9.90 Å². The monoisotopic (exact) mass is 566 g/mol. The largest absolute Gasteiger partial charge is 0.498 e. The van der Waals surface area contributed by atoms with Crippen molar-refractivity contribution < 1.29 is 28.8 Å². The standard InChI is InChI=1S/C26H31IO6/c1-4-30-21-11-10-15-26(19-21,33-6-3)14-8-7-9-16-32-23-13-12-20(17-22(23)27)18-24(25(28)29)31-5-2/h7,9-13,15,17,24H,4-6,16,18-19H2,1-3H3,(H,28,29)/b9-7-/t24-,26?/m0/s1. The summed E-state index contributed by atoms with van der Waals surface area (Å²) in [5, 5.41) is 9.25. The van der Waals surface area contributed by atoms with E-state index < -0.39 is 17.7 Å². The Morgan fingerprint density at radius 1 is 1.24 bits per heavy atom. The van der Waals surface area contributed by atoms with Gasteiger partial charge in [0.1, 0.15) is 18.1 Å². The van der Waals surface area contributed by atoms with Gasteiger partial charge in [0, 0.05) is 26.1 Å². The molecule has 0 aromatic heterocycles. The number of aliphatic carboxylic acids is 1. The lowest BCUT2D eigenvalue weighted by Gasteiger charge is -2.28. The number of carboxylic acid groups (broad SMARTS) is 1. The average Bonchev–Trinajstić information content (AvgIpc) is 2.77. The summed E-state index contributed by atoms with van der Waals surface area (Å²) in [6.45, 7) is 7.57. The van der Waals surface area contributed by atoms with Crippen LogP contribution in [0.1, 0.15) is 32.8 Å². The molecule has 33 heavy (non-hydrogen) atoms. The van der Waals surface area contributed by atoms with Crippen LogP contribution in [0.2, 0.25) is 0 Å². The first kappa shape index (κ1) is 27.0. The Labute approximate surface area is 209 Å². The number of carbonyl (C=O) groups is 1. The van der Waals surface area contributed by atoms with Crippen molar-refractivity contribution in [2.45, 2.75) is 45.3 Å². The fourth-order valence-corrected chi connectivity index (χ4v) is 4.02. The second-order valence-corrected chi connectivity index (χ2v) is 8.32. The van der Waals surface area contributed by atoms with Gasteiger partial charge >= 0.3 is 5.97 Å². The maximum Gasteiger partial charge on any atom is 0.333 e. The van der Waals surface area contributed by atoms with E-state index in [1.54, 1.807) is 13.0 Å². The minimum absolute atomic E-state index is 0.311.